The minimum absolute atomic E-state index is 0.209. The van der Waals surface area contributed by atoms with Crippen molar-refractivity contribution in [3.05, 3.63) is 24.0 Å². The normalized spacial score (nSPS) is 10.0. The summed E-state index contributed by atoms with van der Waals surface area (Å²) in [5, 5.41) is 11.6. The molecule has 0 aliphatic rings. The Balaban J connectivity index is 2.25. The summed E-state index contributed by atoms with van der Waals surface area (Å²) in [5.41, 5.74) is 6.14. The molecule has 1 aromatic heterocycles. The number of amides is 1. The number of hydrogen-bond donors (Lipinski definition) is 3. The van der Waals surface area contributed by atoms with Gasteiger partial charge in [-0.3, -0.25) is 14.6 Å². The number of carbonyl (C=O) groups excluding carboxylic acids is 1. The first-order valence-corrected chi connectivity index (χ1v) is 5.81. The molecular weight excluding hydrogens is 234 g/mol. The van der Waals surface area contributed by atoms with E-state index in [-0.39, 0.29) is 12.1 Å². The minimum Gasteiger partial charge on any atom is -0.481 e. The Hall–Kier alpha value is -2.11. The van der Waals surface area contributed by atoms with Gasteiger partial charge in [0.25, 0.3) is 5.91 Å². The van der Waals surface area contributed by atoms with E-state index in [4.69, 9.17) is 10.8 Å². The Labute approximate surface area is 105 Å². The number of carboxylic acids is 1. The highest BCUT2D eigenvalue weighted by atomic mass is 16.4. The van der Waals surface area contributed by atoms with E-state index in [0.717, 1.165) is 25.1 Å². The number of pyridine rings is 1. The summed E-state index contributed by atoms with van der Waals surface area (Å²) in [4.78, 5) is 25.0. The van der Waals surface area contributed by atoms with Crippen LogP contribution in [0.5, 0.6) is 0 Å². The van der Waals surface area contributed by atoms with E-state index in [9.17, 15) is 9.59 Å². The third kappa shape index (κ3) is 5.29. The zero-order chi connectivity index (χ0) is 13.4. The quantitative estimate of drug-likeness (QED) is 0.603. The van der Waals surface area contributed by atoms with Gasteiger partial charge in [0.1, 0.15) is 5.69 Å². The molecule has 0 saturated heterocycles. The van der Waals surface area contributed by atoms with Gasteiger partial charge >= 0.3 is 5.97 Å². The van der Waals surface area contributed by atoms with Crippen LogP contribution in [-0.2, 0) is 4.79 Å². The summed E-state index contributed by atoms with van der Waals surface area (Å²) in [7, 11) is 0. The van der Waals surface area contributed by atoms with Crippen molar-refractivity contribution < 1.29 is 14.7 Å². The number of rotatable bonds is 8. The number of nitrogens with two attached hydrogens (primary N) is 1. The fraction of sp³-hybridized carbons (Fsp3) is 0.417. The molecule has 0 saturated carbocycles. The second-order valence-corrected chi connectivity index (χ2v) is 3.93. The first kappa shape index (κ1) is 14.0. The van der Waals surface area contributed by atoms with Crippen molar-refractivity contribution in [3.8, 4) is 0 Å². The van der Waals surface area contributed by atoms with Crippen LogP contribution >= 0.6 is 0 Å². The number of hydrogen-bond acceptors (Lipinski definition) is 4. The summed E-state index contributed by atoms with van der Waals surface area (Å²) in [6, 6.07) is 3.35. The van der Waals surface area contributed by atoms with Gasteiger partial charge in [-0.25, -0.2) is 0 Å². The molecular formula is C12H17N3O3. The van der Waals surface area contributed by atoms with Crippen molar-refractivity contribution in [2.24, 2.45) is 5.73 Å². The Kier molecular flexibility index (Phi) is 5.63. The Morgan fingerprint density at radius 1 is 1.33 bits per heavy atom. The molecule has 0 aliphatic carbocycles. The molecule has 6 heteroatoms. The maximum atomic E-state index is 10.9. The van der Waals surface area contributed by atoms with E-state index < -0.39 is 11.9 Å². The molecule has 0 radical (unpaired) electrons. The van der Waals surface area contributed by atoms with Crippen LogP contribution < -0.4 is 11.1 Å². The Bertz CT molecular complexity index is 421. The molecule has 0 aromatic carbocycles. The fourth-order valence-corrected chi connectivity index (χ4v) is 1.49. The van der Waals surface area contributed by atoms with Gasteiger partial charge < -0.3 is 16.2 Å². The van der Waals surface area contributed by atoms with E-state index in [1.165, 1.54) is 6.20 Å². The largest absolute Gasteiger partial charge is 0.481 e. The van der Waals surface area contributed by atoms with E-state index >= 15 is 0 Å². The lowest BCUT2D eigenvalue weighted by molar-refractivity contribution is -0.137. The summed E-state index contributed by atoms with van der Waals surface area (Å²) >= 11 is 0. The lowest BCUT2D eigenvalue weighted by atomic mass is 10.2. The second kappa shape index (κ2) is 7.26. The highest BCUT2D eigenvalue weighted by Gasteiger charge is 2.02. The zero-order valence-corrected chi connectivity index (χ0v) is 10.1. The number of aliphatic carboxylic acids is 1. The van der Waals surface area contributed by atoms with Crippen molar-refractivity contribution in [1.29, 1.82) is 0 Å². The molecule has 4 N–H and O–H groups in total. The van der Waals surface area contributed by atoms with Crippen LogP contribution in [0.1, 0.15) is 36.2 Å². The van der Waals surface area contributed by atoms with Gasteiger partial charge in [0.15, 0.2) is 0 Å². The predicted octanol–water partition coefficient (Wildman–Crippen LogP) is 1.24. The van der Waals surface area contributed by atoms with Gasteiger partial charge in [0, 0.05) is 24.8 Å². The third-order valence-corrected chi connectivity index (χ3v) is 2.41. The lowest BCUT2D eigenvalue weighted by Crippen LogP contribution is -2.13. The molecule has 98 valence electrons. The molecule has 1 amide bonds. The molecule has 1 heterocycles. The lowest BCUT2D eigenvalue weighted by Gasteiger charge is -2.06. The van der Waals surface area contributed by atoms with E-state index in [1.54, 1.807) is 12.1 Å². The molecule has 1 rings (SSSR count). The zero-order valence-electron chi connectivity index (χ0n) is 10.1. The monoisotopic (exact) mass is 251 g/mol. The van der Waals surface area contributed by atoms with Gasteiger partial charge in [0.05, 0.1) is 0 Å². The summed E-state index contributed by atoms with van der Waals surface area (Å²) in [5.74, 6) is -1.32. The van der Waals surface area contributed by atoms with Crippen molar-refractivity contribution >= 4 is 17.6 Å². The number of nitrogens with one attached hydrogen (secondary N) is 1. The highest BCUT2D eigenvalue weighted by Crippen LogP contribution is 2.08. The summed E-state index contributed by atoms with van der Waals surface area (Å²) in [6.45, 7) is 0.724. The van der Waals surface area contributed by atoms with Crippen LogP contribution in [0.15, 0.2) is 18.3 Å². The van der Waals surface area contributed by atoms with E-state index in [0.29, 0.717) is 6.42 Å². The molecule has 0 spiro atoms. The molecule has 0 unspecified atom stereocenters. The number of carboxylic acid groups (broad SMARTS) is 1. The Morgan fingerprint density at radius 2 is 2.11 bits per heavy atom. The maximum Gasteiger partial charge on any atom is 0.303 e. The SMILES string of the molecule is NC(=O)c1cc(NCCCCCC(=O)O)ccn1. The number of carbonyl (C=O) groups is 2. The fourth-order valence-electron chi connectivity index (χ4n) is 1.49. The van der Waals surface area contributed by atoms with Crippen LogP contribution in [0.25, 0.3) is 0 Å². The number of unbranched alkanes of at least 4 members (excludes halogenated alkanes) is 2. The van der Waals surface area contributed by atoms with Crippen LogP contribution in [0, 0.1) is 0 Å². The van der Waals surface area contributed by atoms with Crippen LogP contribution in [0.3, 0.4) is 0 Å². The topological polar surface area (TPSA) is 105 Å². The van der Waals surface area contributed by atoms with Gasteiger partial charge in [-0.2, -0.15) is 0 Å². The third-order valence-electron chi connectivity index (χ3n) is 2.41. The van der Waals surface area contributed by atoms with Gasteiger partial charge in [-0.1, -0.05) is 6.42 Å². The van der Waals surface area contributed by atoms with Gasteiger partial charge in [0.2, 0.25) is 0 Å². The van der Waals surface area contributed by atoms with Crippen LogP contribution in [0.4, 0.5) is 5.69 Å². The van der Waals surface area contributed by atoms with Crippen molar-refractivity contribution in [3.63, 3.8) is 0 Å². The van der Waals surface area contributed by atoms with E-state index in [2.05, 4.69) is 10.3 Å². The maximum absolute atomic E-state index is 10.9. The number of anilines is 1. The van der Waals surface area contributed by atoms with Crippen molar-refractivity contribution in [2.75, 3.05) is 11.9 Å². The molecule has 18 heavy (non-hydrogen) atoms. The number of nitrogens with zero attached hydrogens (tertiary/aromatic N) is 1. The first-order valence-electron chi connectivity index (χ1n) is 5.81. The Morgan fingerprint density at radius 3 is 2.78 bits per heavy atom. The van der Waals surface area contributed by atoms with Gasteiger partial charge in [-0.05, 0) is 25.0 Å². The van der Waals surface area contributed by atoms with Gasteiger partial charge in [-0.15, -0.1) is 0 Å². The smallest absolute Gasteiger partial charge is 0.303 e. The summed E-state index contributed by atoms with van der Waals surface area (Å²) in [6.07, 6.45) is 4.14. The van der Waals surface area contributed by atoms with Crippen molar-refractivity contribution in [2.45, 2.75) is 25.7 Å². The molecule has 0 atom stereocenters. The first-order chi connectivity index (χ1) is 8.59. The molecule has 1 aromatic rings. The molecule has 0 bridgehead atoms. The average molecular weight is 251 g/mol. The second-order valence-electron chi connectivity index (χ2n) is 3.93. The average Bonchev–Trinajstić information content (AvgIpc) is 2.33. The standard InChI is InChI=1S/C12H17N3O3/c13-12(18)10-8-9(5-7-15-10)14-6-3-1-2-4-11(16)17/h5,7-8H,1-4,6H2,(H2,13,18)(H,14,15)(H,16,17). The number of aromatic nitrogens is 1. The van der Waals surface area contributed by atoms with E-state index in [1.807, 2.05) is 0 Å². The summed E-state index contributed by atoms with van der Waals surface area (Å²) < 4.78 is 0. The predicted molar refractivity (Wildman–Crippen MR) is 67.3 cm³/mol. The van der Waals surface area contributed by atoms with Crippen LogP contribution in [0.2, 0.25) is 0 Å². The molecule has 0 aliphatic heterocycles. The molecule has 0 fully saturated rings. The molecule has 6 nitrogen and oxygen atoms in total. The minimum atomic E-state index is -0.761. The van der Waals surface area contributed by atoms with Crippen LogP contribution in [-0.4, -0.2) is 28.5 Å². The number of primary amides is 1. The highest BCUT2D eigenvalue weighted by molar-refractivity contribution is 5.91. The van der Waals surface area contributed by atoms with Crippen molar-refractivity contribution in [1.82, 2.24) is 4.98 Å².